The van der Waals surface area contributed by atoms with Gasteiger partial charge in [0.1, 0.15) is 19.8 Å². The van der Waals surface area contributed by atoms with E-state index in [4.69, 9.17) is 28.4 Å². The molecule has 3 aliphatic heterocycles. The SMILES string of the molecule is CC1(COC(=O)CCn2c(=O)n(CCC(=O)OCC3(C)COC3)c(=O)n(CCC(=O)OCC3(C)COC3)c2=O)COC1. The zero-order valence-corrected chi connectivity index (χ0v) is 24.3. The van der Waals surface area contributed by atoms with E-state index in [0.717, 1.165) is 13.7 Å². The Hall–Kier alpha value is -3.30. The van der Waals surface area contributed by atoms with E-state index in [1.807, 2.05) is 20.8 Å². The standard InChI is InChI=1S/C27H39N3O12/c1-25(10-37-11-25)16-40-19(31)4-7-28-22(34)29(8-5-20(32)41-17-26(2)12-38-13-26)24(36)30(23(28)35)9-6-21(33)42-18-27(3)14-39-15-27/h4-18H2,1-3H3. The topological polar surface area (TPSA) is 173 Å². The Morgan fingerprint density at radius 3 is 0.976 bits per heavy atom. The van der Waals surface area contributed by atoms with Gasteiger partial charge in [-0.2, -0.15) is 0 Å². The molecule has 0 amide bonds. The summed E-state index contributed by atoms with van der Waals surface area (Å²) in [6, 6.07) is 0. The Balaban J connectivity index is 1.45. The molecule has 0 saturated carbocycles. The predicted molar refractivity (Wildman–Crippen MR) is 143 cm³/mol. The fourth-order valence-electron chi connectivity index (χ4n) is 4.45. The second kappa shape index (κ2) is 12.9. The van der Waals surface area contributed by atoms with Gasteiger partial charge in [-0.1, -0.05) is 20.8 Å². The number of carbonyl (C=O) groups excluding carboxylic acids is 3. The lowest BCUT2D eigenvalue weighted by molar-refractivity contribution is -0.166. The highest BCUT2D eigenvalue weighted by atomic mass is 16.6. The maximum absolute atomic E-state index is 13.2. The van der Waals surface area contributed by atoms with Gasteiger partial charge >= 0.3 is 35.0 Å². The zero-order valence-electron chi connectivity index (χ0n) is 24.3. The molecule has 0 atom stereocenters. The number of nitrogens with zero attached hydrogens (tertiary/aromatic N) is 3. The minimum atomic E-state index is -0.985. The fourth-order valence-corrected chi connectivity index (χ4v) is 4.45. The first-order valence-electron chi connectivity index (χ1n) is 14.0. The van der Waals surface area contributed by atoms with Crippen LogP contribution in [0.2, 0.25) is 0 Å². The van der Waals surface area contributed by atoms with Gasteiger partial charge in [0, 0.05) is 35.9 Å². The lowest BCUT2D eigenvalue weighted by atomic mass is 9.90. The normalized spacial score (nSPS) is 19.5. The quantitative estimate of drug-likeness (QED) is 0.180. The smallest absolute Gasteiger partial charge is 0.336 e. The van der Waals surface area contributed by atoms with Crippen molar-refractivity contribution in [2.24, 2.45) is 16.2 Å². The van der Waals surface area contributed by atoms with Gasteiger partial charge in [-0.15, -0.1) is 0 Å². The second-order valence-electron chi connectivity index (χ2n) is 12.4. The number of carbonyl (C=O) groups is 3. The summed E-state index contributed by atoms with van der Waals surface area (Å²) in [6.45, 7) is 7.75. The van der Waals surface area contributed by atoms with Crippen LogP contribution < -0.4 is 17.1 Å². The van der Waals surface area contributed by atoms with Gasteiger partial charge in [0.05, 0.1) is 58.9 Å². The van der Waals surface area contributed by atoms with Gasteiger partial charge < -0.3 is 28.4 Å². The van der Waals surface area contributed by atoms with E-state index >= 15 is 0 Å². The van der Waals surface area contributed by atoms with Crippen LogP contribution in [-0.2, 0) is 62.4 Å². The van der Waals surface area contributed by atoms with E-state index in [1.54, 1.807) is 0 Å². The molecule has 0 aromatic carbocycles. The van der Waals surface area contributed by atoms with Crippen molar-refractivity contribution < 1.29 is 42.8 Å². The summed E-state index contributed by atoms with van der Waals surface area (Å²) in [6.07, 6.45) is -0.930. The molecule has 42 heavy (non-hydrogen) atoms. The Labute approximate surface area is 241 Å². The Kier molecular flexibility index (Phi) is 9.73. The van der Waals surface area contributed by atoms with Crippen LogP contribution in [0.3, 0.4) is 0 Å². The highest BCUT2D eigenvalue weighted by Crippen LogP contribution is 2.28. The van der Waals surface area contributed by atoms with Crippen molar-refractivity contribution >= 4 is 17.9 Å². The van der Waals surface area contributed by atoms with E-state index in [9.17, 15) is 28.8 Å². The predicted octanol–water partition coefficient (Wildman–Crippen LogP) is -0.919. The molecule has 3 fully saturated rings. The molecule has 1 aromatic rings. The highest BCUT2D eigenvalue weighted by Gasteiger charge is 2.36. The van der Waals surface area contributed by atoms with E-state index in [2.05, 4.69) is 0 Å². The number of hydrogen-bond acceptors (Lipinski definition) is 12. The first-order chi connectivity index (χ1) is 19.8. The first-order valence-corrected chi connectivity index (χ1v) is 14.0. The van der Waals surface area contributed by atoms with Crippen LogP contribution in [0.4, 0.5) is 0 Å². The molecule has 1 aromatic heterocycles. The molecule has 0 unspecified atom stereocenters. The Morgan fingerprint density at radius 2 is 0.786 bits per heavy atom. The maximum atomic E-state index is 13.2. The summed E-state index contributed by atoms with van der Waals surface area (Å²) >= 11 is 0. The van der Waals surface area contributed by atoms with Crippen molar-refractivity contribution in [3.8, 4) is 0 Å². The van der Waals surface area contributed by atoms with Crippen LogP contribution >= 0.6 is 0 Å². The molecule has 0 bridgehead atoms. The molecule has 0 radical (unpaired) electrons. The fraction of sp³-hybridized carbons (Fsp3) is 0.778. The average Bonchev–Trinajstić information content (AvgIpc) is 2.90. The largest absolute Gasteiger partial charge is 0.465 e. The summed E-state index contributed by atoms with van der Waals surface area (Å²) in [4.78, 5) is 76.7. The molecule has 3 aliphatic rings. The molecule has 3 saturated heterocycles. The van der Waals surface area contributed by atoms with E-state index in [-0.39, 0.29) is 75.0 Å². The second-order valence-corrected chi connectivity index (χ2v) is 12.4. The van der Waals surface area contributed by atoms with Crippen LogP contribution in [0.25, 0.3) is 0 Å². The number of ether oxygens (including phenoxy) is 6. The number of hydrogen-bond donors (Lipinski definition) is 0. The van der Waals surface area contributed by atoms with Crippen molar-refractivity contribution in [1.29, 1.82) is 0 Å². The minimum Gasteiger partial charge on any atom is -0.465 e. The van der Waals surface area contributed by atoms with Gasteiger partial charge in [-0.05, 0) is 0 Å². The van der Waals surface area contributed by atoms with Crippen molar-refractivity contribution in [2.45, 2.75) is 59.7 Å². The van der Waals surface area contributed by atoms with E-state index in [1.165, 1.54) is 0 Å². The van der Waals surface area contributed by atoms with Crippen molar-refractivity contribution in [3.05, 3.63) is 31.5 Å². The molecule has 0 aliphatic carbocycles. The molecule has 15 nitrogen and oxygen atoms in total. The Morgan fingerprint density at radius 1 is 0.548 bits per heavy atom. The number of esters is 3. The third-order valence-electron chi connectivity index (χ3n) is 7.45. The molecule has 15 heteroatoms. The molecule has 0 spiro atoms. The monoisotopic (exact) mass is 597 g/mol. The van der Waals surface area contributed by atoms with Crippen LogP contribution in [0, 0.1) is 16.2 Å². The van der Waals surface area contributed by atoms with Crippen molar-refractivity contribution in [1.82, 2.24) is 13.7 Å². The van der Waals surface area contributed by atoms with Crippen LogP contribution in [0.1, 0.15) is 40.0 Å². The summed E-state index contributed by atoms with van der Waals surface area (Å²) in [7, 11) is 0. The summed E-state index contributed by atoms with van der Waals surface area (Å²) < 4.78 is 33.4. The van der Waals surface area contributed by atoms with E-state index in [0.29, 0.717) is 39.6 Å². The summed E-state index contributed by atoms with van der Waals surface area (Å²) in [5, 5.41) is 0. The van der Waals surface area contributed by atoms with Gasteiger partial charge in [0.25, 0.3) is 0 Å². The van der Waals surface area contributed by atoms with Crippen molar-refractivity contribution in [2.75, 3.05) is 59.5 Å². The third-order valence-corrected chi connectivity index (χ3v) is 7.45. The molecular formula is C27H39N3O12. The van der Waals surface area contributed by atoms with Crippen molar-refractivity contribution in [3.63, 3.8) is 0 Å². The van der Waals surface area contributed by atoms with Crippen LogP contribution in [-0.4, -0.2) is 91.1 Å². The average molecular weight is 598 g/mol. The maximum Gasteiger partial charge on any atom is 0.336 e. The molecule has 234 valence electrons. The van der Waals surface area contributed by atoms with Gasteiger partial charge in [-0.25, -0.2) is 28.1 Å². The van der Waals surface area contributed by atoms with Gasteiger partial charge in [0.2, 0.25) is 0 Å². The minimum absolute atomic E-state index is 0.130. The van der Waals surface area contributed by atoms with Gasteiger partial charge in [0.15, 0.2) is 0 Å². The Bertz CT molecular complexity index is 1160. The zero-order chi connectivity index (χ0) is 30.5. The number of aromatic nitrogens is 3. The molecule has 4 rings (SSSR count). The van der Waals surface area contributed by atoms with Gasteiger partial charge in [-0.3, -0.25) is 14.4 Å². The lowest BCUT2D eigenvalue weighted by Gasteiger charge is -2.37. The van der Waals surface area contributed by atoms with Crippen LogP contribution in [0.15, 0.2) is 14.4 Å². The molecule has 4 heterocycles. The van der Waals surface area contributed by atoms with E-state index < -0.39 is 35.0 Å². The first kappa shape index (κ1) is 31.6. The van der Waals surface area contributed by atoms with Crippen LogP contribution in [0.5, 0.6) is 0 Å². The molecule has 0 N–H and O–H groups in total. The lowest BCUT2D eigenvalue weighted by Crippen LogP contribution is -2.55. The summed E-state index contributed by atoms with van der Waals surface area (Å²) in [5.41, 5.74) is -3.78. The third kappa shape index (κ3) is 7.75. The summed E-state index contributed by atoms with van der Waals surface area (Å²) in [5.74, 6) is -1.89. The highest BCUT2D eigenvalue weighted by molar-refractivity contribution is 5.70. The molecular weight excluding hydrogens is 558 g/mol. The number of rotatable bonds is 15.